The minimum atomic E-state index is -2.52. The number of hydrogen-bond donors (Lipinski definition) is 2. The number of fused-ring (bicyclic) bond motifs is 1. The molecule has 5 rings (SSSR count). The second-order valence-corrected chi connectivity index (χ2v) is 7.67. The van der Waals surface area contributed by atoms with E-state index >= 15 is 0 Å². The van der Waals surface area contributed by atoms with Crippen molar-refractivity contribution in [2.24, 2.45) is 10.8 Å². The average molecular weight is 324 g/mol. The first-order valence-corrected chi connectivity index (χ1v) is 8.12. The zero-order valence-corrected chi connectivity index (χ0v) is 12.8. The van der Waals surface area contributed by atoms with Crippen LogP contribution >= 0.6 is 0 Å². The van der Waals surface area contributed by atoms with Crippen LogP contribution in [0.1, 0.15) is 50.2 Å². The summed E-state index contributed by atoms with van der Waals surface area (Å²) in [4.78, 5) is 16.3. The summed E-state index contributed by atoms with van der Waals surface area (Å²) in [7, 11) is 0. The van der Waals surface area contributed by atoms with Gasteiger partial charge in [0, 0.05) is 16.9 Å². The van der Waals surface area contributed by atoms with E-state index in [0.717, 1.165) is 12.8 Å². The van der Waals surface area contributed by atoms with Crippen molar-refractivity contribution >= 4 is 6.03 Å². The van der Waals surface area contributed by atoms with E-state index in [4.69, 9.17) is 4.52 Å². The molecule has 4 aliphatic rings. The summed E-state index contributed by atoms with van der Waals surface area (Å²) in [5, 5.41) is 9.43. The molecule has 1 heterocycles. The second kappa shape index (κ2) is 3.67. The van der Waals surface area contributed by atoms with E-state index in [1.54, 1.807) is 6.92 Å². The summed E-state index contributed by atoms with van der Waals surface area (Å²) >= 11 is 0. The van der Waals surface area contributed by atoms with Crippen LogP contribution in [0.2, 0.25) is 0 Å². The van der Waals surface area contributed by atoms with Gasteiger partial charge in [0.2, 0.25) is 0 Å². The molecule has 4 saturated carbocycles. The lowest BCUT2D eigenvalue weighted by Gasteiger charge is -2.37. The van der Waals surface area contributed by atoms with Crippen LogP contribution in [0.15, 0.2) is 4.52 Å². The lowest BCUT2D eigenvalue weighted by molar-refractivity contribution is 0.0145. The number of aromatic nitrogens is 2. The number of carbonyl (C=O) groups excluding carboxylic acids is 1. The summed E-state index contributed by atoms with van der Waals surface area (Å²) in [6, 6.07) is -0.506. The highest BCUT2D eigenvalue weighted by Crippen LogP contribution is 2.92. The van der Waals surface area contributed by atoms with Crippen molar-refractivity contribution < 1.29 is 18.1 Å². The Morgan fingerprint density at radius 3 is 2.39 bits per heavy atom. The maximum Gasteiger partial charge on any atom is 0.315 e. The molecule has 1 aromatic heterocycles. The smallest absolute Gasteiger partial charge is 0.315 e. The zero-order valence-electron chi connectivity index (χ0n) is 12.8. The standard InChI is InChI=1S/C15H18F2N4O2/c1-8-18-10(23-21-8)12(2-3-12)20-11(22)19-9-6-14(7-9)13(4-5-13)15(14,16)17/h9H,2-7H2,1H3,(H2,19,20,22). The monoisotopic (exact) mass is 324 g/mol. The van der Waals surface area contributed by atoms with Gasteiger partial charge in [0.15, 0.2) is 5.82 Å². The molecular formula is C15H18F2N4O2. The highest BCUT2D eigenvalue weighted by atomic mass is 19.3. The van der Waals surface area contributed by atoms with Gasteiger partial charge in [-0.15, -0.1) is 0 Å². The van der Waals surface area contributed by atoms with Gasteiger partial charge in [0.05, 0.1) is 0 Å². The first kappa shape index (κ1) is 13.7. The Balaban J connectivity index is 1.19. The van der Waals surface area contributed by atoms with Crippen molar-refractivity contribution in [3.05, 3.63) is 11.7 Å². The van der Waals surface area contributed by atoms with E-state index in [1.165, 1.54) is 0 Å². The molecule has 8 heteroatoms. The minimum Gasteiger partial charge on any atom is -0.337 e. The molecule has 0 atom stereocenters. The number of halogens is 2. The highest BCUT2D eigenvalue weighted by molar-refractivity contribution is 5.76. The van der Waals surface area contributed by atoms with Crippen molar-refractivity contribution in [1.29, 1.82) is 0 Å². The Bertz CT molecular complexity index is 696. The fraction of sp³-hybridized carbons (Fsp3) is 0.800. The zero-order chi connectivity index (χ0) is 16.1. The molecule has 0 unspecified atom stereocenters. The largest absolute Gasteiger partial charge is 0.337 e. The van der Waals surface area contributed by atoms with Gasteiger partial charge in [-0.05, 0) is 45.4 Å². The van der Waals surface area contributed by atoms with E-state index in [-0.39, 0.29) is 12.1 Å². The summed E-state index contributed by atoms with van der Waals surface area (Å²) in [5.74, 6) is -1.57. The van der Waals surface area contributed by atoms with E-state index < -0.39 is 22.3 Å². The van der Waals surface area contributed by atoms with Crippen LogP contribution in [0.3, 0.4) is 0 Å². The molecule has 0 bridgehead atoms. The molecular weight excluding hydrogens is 306 g/mol. The molecule has 2 N–H and O–H groups in total. The molecule has 2 spiro atoms. The molecule has 124 valence electrons. The third kappa shape index (κ3) is 1.50. The van der Waals surface area contributed by atoms with E-state index in [2.05, 4.69) is 20.8 Å². The number of amides is 2. The molecule has 6 nitrogen and oxygen atoms in total. The summed E-state index contributed by atoms with van der Waals surface area (Å²) < 4.78 is 33.0. The minimum absolute atomic E-state index is 0.166. The topological polar surface area (TPSA) is 80.0 Å². The van der Waals surface area contributed by atoms with Gasteiger partial charge in [-0.25, -0.2) is 13.6 Å². The van der Waals surface area contributed by atoms with Gasteiger partial charge in [-0.1, -0.05) is 5.16 Å². The number of rotatable bonds is 3. The first-order valence-electron chi connectivity index (χ1n) is 8.12. The van der Waals surface area contributed by atoms with Crippen LogP contribution in [0.4, 0.5) is 13.6 Å². The van der Waals surface area contributed by atoms with Crippen LogP contribution < -0.4 is 10.6 Å². The van der Waals surface area contributed by atoms with E-state index in [9.17, 15) is 13.6 Å². The number of alkyl halides is 2. The average Bonchev–Trinajstić information content (AvgIpc) is 3.36. The summed E-state index contributed by atoms with van der Waals surface area (Å²) in [5.41, 5.74) is -2.11. The second-order valence-electron chi connectivity index (χ2n) is 7.67. The van der Waals surface area contributed by atoms with Crippen molar-refractivity contribution in [3.63, 3.8) is 0 Å². The Labute approximate surface area is 131 Å². The number of aryl methyl sites for hydroxylation is 1. The highest BCUT2D eigenvalue weighted by Gasteiger charge is 2.97. The van der Waals surface area contributed by atoms with Gasteiger partial charge < -0.3 is 15.2 Å². The summed E-state index contributed by atoms with van der Waals surface area (Å²) in [6.07, 6.45) is 3.55. The van der Waals surface area contributed by atoms with Crippen LogP contribution in [-0.4, -0.2) is 28.1 Å². The molecule has 1 aromatic rings. The Kier molecular flexibility index (Phi) is 2.19. The van der Waals surface area contributed by atoms with Gasteiger partial charge in [-0.2, -0.15) is 4.98 Å². The lowest BCUT2D eigenvalue weighted by Crippen LogP contribution is -2.52. The molecule has 0 radical (unpaired) electrons. The quantitative estimate of drug-likeness (QED) is 0.893. The number of hydrogen-bond acceptors (Lipinski definition) is 4. The lowest BCUT2D eigenvalue weighted by atomic mass is 9.74. The fourth-order valence-corrected chi connectivity index (χ4v) is 4.64. The molecule has 4 fully saturated rings. The van der Waals surface area contributed by atoms with Crippen molar-refractivity contribution in [1.82, 2.24) is 20.8 Å². The van der Waals surface area contributed by atoms with Crippen molar-refractivity contribution in [2.75, 3.05) is 0 Å². The van der Waals surface area contributed by atoms with Crippen molar-refractivity contribution in [2.45, 2.75) is 63.0 Å². The van der Waals surface area contributed by atoms with Gasteiger partial charge in [0.25, 0.3) is 11.8 Å². The first-order chi connectivity index (χ1) is 10.8. The Morgan fingerprint density at radius 1 is 1.22 bits per heavy atom. The number of carbonyl (C=O) groups is 1. The Hall–Kier alpha value is -1.73. The van der Waals surface area contributed by atoms with Gasteiger partial charge in [0.1, 0.15) is 5.54 Å². The molecule has 0 saturated heterocycles. The number of urea groups is 1. The molecule has 0 aromatic carbocycles. The predicted octanol–water partition coefficient (Wildman–Crippen LogP) is 2.24. The predicted molar refractivity (Wildman–Crippen MR) is 73.7 cm³/mol. The van der Waals surface area contributed by atoms with Gasteiger partial charge >= 0.3 is 6.03 Å². The molecule has 0 aliphatic heterocycles. The third-order valence-electron chi connectivity index (χ3n) is 6.37. The van der Waals surface area contributed by atoms with Crippen LogP contribution in [0, 0.1) is 17.8 Å². The normalized spacial score (nSPS) is 36.4. The fourth-order valence-electron chi connectivity index (χ4n) is 4.64. The molecule has 2 amide bonds. The van der Waals surface area contributed by atoms with Gasteiger partial charge in [-0.3, -0.25) is 0 Å². The molecule has 23 heavy (non-hydrogen) atoms. The Morgan fingerprint density at radius 2 is 1.91 bits per heavy atom. The summed E-state index contributed by atoms with van der Waals surface area (Å²) in [6.45, 7) is 1.72. The van der Waals surface area contributed by atoms with Crippen molar-refractivity contribution in [3.8, 4) is 0 Å². The van der Waals surface area contributed by atoms with Crippen LogP contribution in [-0.2, 0) is 5.54 Å². The van der Waals surface area contributed by atoms with E-state index in [1.807, 2.05) is 0 Å². The number of nitrogens with zero attached hydrogens (tertiary/aromatic N) is 2. The maximum atomic E-state index is 13.9. The maximum absolute atomic E-state index is 13.9. The SMILES string of the molecule is Cc1noc(C2(NC(=O)NC3CC4(C3)C(F)(F)C43CC3)CC2)n1. The van der Waals surface area contributed by atoms with E-state index in [0.29, 0.717) is 37.4 Å². The third-order valence-corrected chi connectivity index (χ3v) is 6.37. The molecule has 4 aliphatic carbocycles. The van der Waals surface area contributed by atoms with Crippen LogP contribution in [0.25, 0.3) is 0 Å². The van der Waals surface area contributed by atoms with Crippen LogP contribution in [0.5, 0.6) is 0 Å². The number of nitrogens with one attached hydrogen (secondary N) is 2.